The lowest BCUT2D eigenvalue weighted by molar-refractivity contribution is 0.0955. The zero-order valence-electron chi connectivity index (χ0n) is 17.9. The molecule has 2 N–H and O–H groups in total. The highest BCUT2D eigenvalue weighted by Gasteiger charge is 2.18. The largest absolute Gasteiger partial charge is 0.351 e. The van der Waals surface area contributed by atoms with Crippen molar-refractivity contribution in [2.45, 2.75) is 24.5 Å². The van der Waals surface area contributed by atoms with Crippen LogP contribution in [0.4, 0.5) is 5.69 Å². The first kappa shape index (κ1) is 24.2. The van der Waals surface area contributed by atoms with E-state index in [-0.39, 0.29) is 10.8 Å². The van der Waals surface area contributed by atoms with Crippen LogP contribution in [0, 0.1) is 13.8 Å². The average molecular weight is 489 g/mol. The maximum Gasteiger partial charge on any atom is 0.261 e. The molecule has 3 aromatic rings. The number of aryl methyl sites for hydroxylation is 1. The van der Waals surface area contributed by atoms with Crippen molar-refractivity contribution in [2.75, 3.05) is 17.0 Å². The molecule has 0 aromatic heterocycles. The number of hydrogen-bond donors (Lipinski definition) is 2. The van der Waals surface area contributed by atoms with Gasteiger partial charge in [-0.25, -0.2) is 8.42 Å². The number of halogens is 1. The van der Waals surface area contributed by atoms with Crippen LogP contribution in [0.25, 0.3) is 0 Å². The summed E-state index contributed by atoms with van der Waals surface area (Å²) < 4.78 is 28.0. The van der Waals surface area contributed by atoms with Crippen molar-refractivity contribution in [3.8, 4) is 0 Å². The summed E-state index contributed by atoms with van der Waals surface area (Å²) in [7, 11) is -3.74. The van der Waals surface area contributed by atoms with Crippen molar-refractivity contribution in [1.82, 2.24) is 5.32 Å². The summed E-state index contributed by atoms with van der Waals surface area (Å²) in [4.78, 5) is 12.8. The predicted octanol–water partition coefficient (Wildman–Crippen LogP) is 5.42. The Balaban J connectivity index is 1.57. The van der Waals surface area contributed by atoms with Gasteiger partial charge in [0.1, 0.15) is 0 Å². The molecule has 0 fully saturated rings. The number of amides is 1. The van der Waals surface area contributed by atoms with E-state index >= 15 is 0 Å². The molecule has 0 radical (unpaired) electrons. The van der Waals surface area contributed by atoms with Crippen molar-refractivity contribution in [3.05, 3.63) is 94.0 Å². The maximum atomic E-state index is 12.7. The molecule has 0 saturated heterocycles. The molecular formula is C24H25ClN2O3S2. The van der Waals surface area contributed by atoms with Crippen LogP contribution in [-0.2, 0) is 15.8 Å². The van der Waals surface area contributed by atoms with E-state index in [0.29, 0.717) is 28.4 Å². The minimum absolute atomic E-state index is 0.176. The maximum absolute atomic E-state index is 12.7. The second-order valence-electron chi connectivity index (χ2n) is 7.33. The zero-order valence-corrected chi connectivity index (χ0v) is 20.3. The van der Waals surface area contributed by atoms with Crippen LogP contribution < -0.4 is 10.0 Å². The summed E-state index contributed by atoms with van der Waals surface area (Å²) in [6.45, 7) is 4.14. The smallest absolute Gasteiger partial charge is 0.261 e. The lowest BCUT2D eigenvalue weighted by Gasteiger charge is -2.14. The number of nitrogens with one attached hydrogen (secondary N) is 2. The second-order valence-corrected chi connectivity index (χ2v) is 10.6. The molecule has 0 aliphatic carbocycles. The van der Waals surface area contributed by atoms with Gasteiger partial charge in [0.05, 0.1) is 10.6 Å². The van der Waals surface area contributed by atoms with Crippen molar-refractivity contribution in [2.24, 2.45) is 0 Å². The van der Waals surface area contributed by atoms with E-state index in [1.807, 2.05) is 31.2 Å². The molecule has 0 atom stereocenters. The third-order valence-corrected chi connectivity index (χ3v) is 7.53. The van der Waals surface area contributed by atoms with Crippen LogP contribution >= 0.6 is 23.4 Å². The molecule has 0 spiro atoms. The summed E-state index contributed by atoms with van der Waals surface area (Å²) in [6, 6.07) is 19.3. The molecule has 0 saturated carbocycles. The van der Waals surface area contributed by atoms with Crippen LogP contribution in [0.15, 0.2) is 71.6 Å². The van der Waals surface area contributed by atoms with Gasteiger partial charge in [-0.05, 0) is 61.4 Å². The number of anilines is 1. The highest BCUT2D eigenvalue weighted by Crippen LogP contribution is 2.23. The first-order valence-electron chi connectivity index (χ1n) is 10.1. The molecule has 0 aliphatic rings. The van der Waals surface area contributed by atoms with Crippen molar-refractivity contribution in [1.29, 1.82) is 0 Å². The number of benzene rings is 3. The molecular weight excluding hydrogens is 464 g/mol. The van der Waals surface area contributed by atoms with E-state index in [4.69, 9.17) is 11.6 Å². The third-order valence-electron chi connectivity index (χ3n) is 4.87. The fraction of sp³-hybridized carbons (Fsp3) is 0.208. The van der Waals surface area contributed by atoms with E-state index in [2.05, 4.69) is 10.0 Å². The van der Waals surface area contributed by atoms with Crippen molar-refractivity contribution >= 4 is 45.0 Å². The van der Waals surface area contributed by atoms with Gasteiger partial charge in [-0.3, -0.25) is 9.52 Å². The van der Waals surface area contributed by atoms with Crippen LogP contribution in [0.3, 0.4) is 0 Å². The standard InChI is InChI=1S/C24H25ClN2O3S2/c1-17-6-12-21(13-7-17)32(29,30)27-23-5-3-4-22(18(23)2)24(28)26-14-15-31-16-19-8-10-20(25)11-9-19/h3-13,27H,14-16H2,1-2H3,(H,26,28). The van der Waals surface area contributed by atoms with Crippen LogP contribution in [0.2, 0.25) is 5.02 Å². The van der Waals surface area contributed by atoms with Gasteiger partial charge in [-0.15, -0.1) is 0 Å². The zero-order chi connectivity index (χ0) is 23.1. The van der Waals surface area contributed by atoms with Gasteiger partial charge >= 0.3 is 0 Å². The molecule has 1 amide bonds. The summed E-state index contributed by atoms with van der Waals surface area (Å²) in [5.41, 5.74) is 3.56. The molecule has 0 bridgehead atoms. The quantitative estimate of drug-likeness (QED) is 0.394. The van der Waals surface area contributed by atoms with Gasteiger partial charge in [0.25, 0.3) is 15.9 Å². The summed E-state index contributed by atoms with van der Waals surface area (Å²) >= 11 is 7.61. The first-order valence-corrected chi connectivity index (χ1v) is 13.1. The number of sulfonamides is 1. The Hall–Kier alpha value is -2.48. The number of rotatable bonds is 9. The highest BCUT2D eigenvalue weighted by atomic mass is 35.5. The molecule has 0 aliphatic heterocycles. The van der Waals surface area contributed by atoms with Gasteiger partial charge in [-0.2, -0.15) is 11.8 Å². The van der Waals surface area contributed by atoms with E-state index in [1.54, 1.807) is 61.2 Å². The number of carbonyl (C=O) groups excluding carboxylic acids is 1. The van der Waals surface area contributed by atoms with Crippen LogP contribution in [0.5, 0.6) is 0 Å². The molecule has 3 rings (SSSR count). The number of carbonyl (C=O) groups is 1. The Kier molecular flexibility index (Phi) is 8.23. The topological polar surface area (TPSA) is 75.3 Å². The second kappa shape index (κ2) is 10.9. The molecule has 8 heteroatoms. The Morgan fingerprint density at radius 1 is 0.969 bits per heavy atom. The summed E-state index contributed by atoms with van der Waals surface area (Å²) in [6.07, 6.45) is 0. The van der Waals surface area contributed by atoms with Gasteiger partial charge in [0, 0.05) is 28.6 Å². The Labute approximate surface area is 198 Å². The lowest BCUT2D eigenvalue weighted by Crippen LogP contribution is -2.27. The van der Waals surface area contributed by atoms with Gasteiger partial charge < -0.3 is 5.32 Å². The van der Waals surface area contributed by atoms with Crippen molar-refractivity contribution < 1.29 is 13.2 Å². The average Bonchev–Trinajstić information content (AvgIpc) is 2.76. The Morgan fingerprint density at radius 3 is 2.34 bits per heavy atom. The normalized spacial score (nSPS) is 11.2. The van der Waals surface area contributed by atoms with Crippen LogP contribution in [0.1, 0.15) is 27.0 Å². The van der Waals surface area contributed by atoms with Gasteiger partial charge in [0.15, 0.2) is 0 Å². The van der Waals surface area contributed by atoms with E-state index in [0.717, 1.165) is 17.1 Å². The van der Waals surface area contributed by atoms with E-state index in [1.165, 1.54) is 5.56 Å². The van der Waals surface area contributed by atoms with Crippen LogP contribution in [-0.4, -0.2) is 26.6 Å². The van der Waals surface area contributed by atoms with E-state index in [9.17, 15) is 13.2 Å². The molecule has 168 valence electrons. The fourth-order valence-electron chi connectivity index (χ4n) is 3.02. The molecule has 3 aromatic carbocycles. The minimum atomic E-state index is -3.74. The Bertz CT molecular complexity index is 1180. The molecule has 5 nitrogen and oxygen atoms in total. The lowest BCUT2D eigenvalue weighted by atomic mass is 10.1. The Morgan fingerprint density at radius 2 is 1.66 bits per heavy atom. The van der Waals surface area contributed by atoms with Crippen molar-refractivity contribution in [3.63, 3.8) is 0 Å². The molecule has 0 heterocycles. The fourth-order valence-corrected chi connectivity index (χ4v) is 5.08. The minimum Gasteiger partial charge on any atom is -0.351 e. The van der Waals surface area contributed by atoms with Gasteiger partial charge in [0.2, 0.25) is 0 Å². The number of thioether (sulfide) groups is 1. The summed E-state index contributed by atoms with van der Waals surface area (Å²) in [5.74, 6) is 1.36. The summed E-state index contributed by atoms with van der Waals surface area (Å²) in [5, 5.41) is 3.62. The van der Waals surface area contributed by atoms with E-state index < -0.39 is 10.0 Å². The third kappa shape index (κ3) is 6.51. The SMILES string of the molecule is Cc1ccc(S(=O)(=O)Nc2cccc(C(=O)NCCSCc3ccc(Cl)cc3)c2C)cc1. The molecule has 32 heavy (non-hydrogen) atoms. The molecule has 0 unspecified atom stereocenters. The van der Waals surface area contributed by atoms with Gasteiger partial charge in [-0.1, -0.05) is 47.5 Å². The highest BCUT2D eigenvalue weighted by molar-refractivity contribution is 7.98. The first-order chi connectivity index (χ1) is 15.3. The predicted molar refractivity (Wildman–Crippen MR) is 133 cm³/mol. The number of hydrogen-bond acceptors (Lipinski definition) is 4. The monoisotopic (exact) mass is 488 g/mol.